The number of ether oxygens (including phenoxy) is 2. The number of methoxy groups -OCH3 is 1. The maximum Gasteiger partial charge on any atom is 0.408 e. The van der Waals surface area contributed by atoms with Crippen LogP contribution in [0.15, 0.2) is 36.9 Å². The van der Waals surface area contributed by atoms with Crippen molar-refractivity contribution >= 4 is 29.8 Å². The SMILES string of the molecule is C=CCN(C(=O)C(CC(N)=O)NC(=O)OC(C)(C)C)C(C(=O)NCC(=O)OC)c1ccc(O)cc1. The van der Waals surface area contributed by atoms with E-state index in [1.807, 2.05) is 0 Å². The zero-order valence-electron chi connectivity index (χ0n) is 20.2. The van der Waals surface area contributed by atoms with Gasteiger partial charge in [-0.1, -0.05) is 18.2 Å². The summed E-state index contributed by atoms with van der Waals surface area (Å²) in [5.74, 6) is -3.27. The molecule has 0 aliphatic rings. The fraction of sp³-hybridized carbons (Fsp3) is 0.435. The minimum atomic E-state index is -1.46. The first-order chi connectivity index (χ1) is 16.3. The van der Waals surface area contributed by atoms with Gasteiger partial charge in [0.25, 0.3) is 0 Å². The fourth-order valence-electron chi connectivity index (χ4n) is 2.97. The van der Waals surface area contributed by atoms with Crippen LogP contribution in [0.3, 0.4) is 0 Å². The van der Waals surface area contributed by atoms with Gasteiger partial charge in [0.05, 0.1) is 13.5 Å². The molecule has 2 atom stereocenters. The van der Waals surface area contributed by atoms with Crippen LogP contribution in [-0.2, 0) is 28.7 Å². The lowest BCUT2D eigenvalue weighted by atomic mass is 10.0. The molecule has 0 heterocycles. The molecule has 0 spiro atoms. The van der Waals surface area contributed by atoms with E-state index < -0.39 is 60.4 Å². The molecule has 35 heavy (non-hydrogen) atoms. The molecule has 0 radical (unpaired) electrons. The Hall–Kier alpha value is -4.09. The Balaban J connectivity index is 3.41. The Kier molecular flexibility index (Phi) is 10.7. The van der Waals surface area contributed by atoms with Gasteiger partial charge < -0.3 is 35.8 Å². The van der Waals surface area contributed by atoms with Crippen molar-refractivity contribution in [1.82, 2.24) is 15.5 Å². The number of hydrogen-bond acceptors (Lipinski definition) is 8. The van der Waals surface area contributed by atoms with Crippen molar-refractivity contribution < 1.29 is 38.6 Å². The zero-order chi connectivity index (χ0) is 26.8. The van der Waals surface area contributed by atoms with Crippen molar-refractivity contribution in [2.45, 2.75) is 44.9 Å². The Morgan fingerprint density at radius 1 is 1.17 bits per heavy atom. The van der Waals surface area contributed by atoms with Crippen LogP contribution < -0.4 is 16.4 Å². The smallest absolute Gasteiger partial charge is 0.408 e. The normalized spacial score (nSPS) is 12.5. The number of nitrogens with one attached hydrogen (secondary N) is 2. The van der Waals surface area contributed by atoms with Crippen LogP contribution in [0.5, 0.6) is 5.75 Å². The summed E-state index contributed by atoms with van der Waals surface area (Å²) in [7, 11) is 1.15. The minimum Gasteiger partial charge on any atom is -0.508 e. The van der Waals surface area contributed by atoms with Crippen molar-refractivity contribution in [3.8, 4) is 5.75 Å². The lowest BCUT2D eigenvalue weighted by Gasteiger charge is -2.33. The molecule has 1 rings (SSSR count). The summed E-state index contributed by atoms with van der Waals surface area (Å²) in [6.45, 7) is 7.81. The van der Waals surface area contributed by atoms with E-state index in [0.29, 0.717) is 0 Å². The number of phenolic OH excluding ortho intramolecular Hbond substituents is 1. The van der Waals surface area contributed by atoms with E-state index in [1.165, 1.54) is 30.3 Å². The molecule has 0 aromatic heterocycles. The molecule has 12 heteroatoms. The number of amides is 4. The Labute approximate surface area is 203 Å². The van der Waals surface area contributed by atoms with Gasteiger partial charge >= 0.3 is 12.1 Å². The molecule has 12 nitrogen and oxygen atoms in total. The summed E-state index contributed by atoms with van der Waals surface area (Å²) in [6.07, 6.45) is -0.196. The number of hydrogen-bond donors (Lipinski definition) is 4. The van der Waals surface area contributed by atoms with E-state index in [4.69, 9.17) is 10.5 Å². The summed E-state index contributed by atoms with van der Waals surface area (Å²) in [5, 5.41) is 14.4. The van der Waals surface area contributed by atoms with E-state index in [-0.39, 0.29) is 17.9 Å². The van der Waals surface area contributed by atoms with E-state index in [0.717, 1.165) is 12.0 Å². The Morgan fingerprint density at radius 3 is 2.26 bits per heavy atom. The number of carbonyl (C=O) groups is 5. The molecule has 192 valence electrons. The molecule has 1 aromatic carbocycles. The zero-order valence-corrected chi connectivity index (χ0v) is 20.2. The molecular weight excluding hydrogens is 460 g/mol. The number of nitrogens with zero attached hydrogens (tertiary/aromatic N) is 1. The summed E-state index contributed by atoms with van der Waals surface area (Å²) in [5.41, 5.74) is 4.68. The number of primary amides is 1. The third kappa shape index (κ3) is 9.74. The molecule has 5 N–H and O–H groups in total. The number of nitrogens with two attached hydrogens (primary N) is 1. The highest BCUT2D eigenvalue weighted by atomic mass is 16.6. The summed E-state index contributed by atoms with van der Waals surface area (Å²) in [4.78, 5) is 63.2. The summed E-state index contributed by atoms with van der Waals surface area (Å²) in [6, 6.07) is 2.65. The maximum absolute atomic E-state index is 13.5. The maximum atomic E-state index is 13.5. The van der Waals surface area contributed by atoms with Gasteiger partial charge in [-0.25, -0.2) is 4.79 Å². The van der Waals surface area contributed by atoms with Crippen LogP contribution in [0, 0.1) is 0 Å². The lowest BCUT2D eigenvalue weighted by molar-refractivity contribution is -0.144. The number of phenols is 1. The molecule has 2 unspecified atom stereocenters. The van der Waals surface area contributed by atoms with E-state index in [2.05, 4.69) is 21.9 Å². The van der Waals surface area contributed by atoms with Crippen LogP contribution in [0.4, 0.5) is 4.79 Å². The molecule has 0 fully saturated rings. The van der Waals surface area contributed by atoms with Crippen molar-refractivity contribution in [1.29, 1.82) is 0 Å². The minimum absolute atomic E-state index is 0.0812. The average Bonchev–Trinajstić information content (AvgIpc) is 2.75. The number of rotatable bonds is 11. The number of esters is 1. The highest BCUT2D eigenvalue weighted by Crippen LogP contribution is 2.25. The van der Waals surface area contributed by atoms with Crippen molar-refractivity contribution in [3.63, 3.8) is 0 Å². The van der Waals surface area contributed by atoms with Gasteiger partial charge in [-0.15, -0.1) is 6.58 Å². The predicted octanol–water partition coefficient (Wildman–Crippen LogP) is 0.506. The van der Waals surface area contributed by atoms with Crippen molar-refractivity contribution in [3.05, 3.63) is 42.5 Å². The van der Waals surface area contributed by atoms with Gasteiger partial charge in [-0.2, -0.15) is 0 Å². The molecule has 1 aromatic rings. The van der Waals surface area contributed by atoms with Crippen LogP contribution in [0.1, 0.15) is 38.8 Å². The molecular formula is C23H32N4O8. The monoisotopic (exact) mass is 492 g/mol. The second-order valence-electron chi connectivity index (χ2n) is 8.44. The topological polar surface area (TPSA) is 177 Å². The van der Waals surface area contributed by atoms with Crippen LogP contribution in [-0.4, -0.2) is 71.6 Å². The molecule has 0 saturated carbocycles. The second-order valence-corrected chi connectivity index (χ2v) is 8.44. The Morgan fingerprint density at radius 2 is 1.77 bits per heavy atom. The van der Waals surface area contributed by atoms with Gasteiger partial charge in [0.1, 0.15) is 30.0 Å². The summed E-state index contributed by atoms with van der Waals surface area (Å²) < 4.78 is 9.70. The third-order valence-electron chi connectivity index (χ3n) is 4.41. The summed E-state index contributed by atoms with van der Waals surface area (Å²) >= 11 is 0. The number of carbonyl (C=O) groups excluding carboxylic acids is 5. The van der Waals surface area contributed by atoms with Crippen molar-refractivity contribution in [2.24, 2.45) is 5.73 Å². The van der Waals surface area contributed by atoms with Crippen LogP contribution in [0.2, 0.25) is 0 Å². The first-order valence-electron chi connectivity index (χ1n) is 10.6. The van der Waals surface area contributed by atoms with Gasteiger partial charge in [-0.05, 0) is 38.5 Å². The van der Waals surface area contributed by atoms with Gasteiger partial charge in [0.2, 0.25) is 17.7 Å². The van der Waals surface area contributed by atoms with E-state index in [9.17, 15) is 29.1 Å². The molecule has 0 bridgehead atoms. The van der Waals surface area contributed by atoms with Gasteiger partial charge in [0, 0.05) is 6.54 Å². The van der Waals surface area contributed by atoms with Gasteiger partial charge in [-0.3, -0.25) is 19.2 Å². The predicted molar refractivity (Wildman–Crippen MR) is 125 cm³/mol. The van der Waals surface area contributed by atoms with Crippen LogP contribution >= 0.6 is 0 Å². The van der Waals surface area contributed by atoms with Crippen LogP contribution in [0.25, 0.3) is 0 Å². The first-order valence-corrected chi connectivity index (χ1v) is 10.6. The number of alkyl carbamates (subject to hydrolysis) is 1. The molecule has 4 amide bonds. The third-order valence-corrected chi connectivity index (χ3v) is 4.41. The molecule has 0 aliphatic carbocycles. The molecule has 0 aliphatic heterocycles. The first kappa shape index (κ1) is 28.9. The van der Waals surface area contributed by atoms with Crippen molar-refractivity contribution in [2.75, 3.05) is 20.2 Å². The quantitative estimate of drug-likeness (QED) is 0.255. The number of aromatic hydroxyl groups is 1. The standard InChI is InChI=1S/C23H32N4O8/c1-6-11-27(21(32)16(12-17(24)29)26-22(33)35-23(2,3)4)19(14-7-9-15(28)10-8-14)20(31)25-13-18(30)34-5/h6-10,16,19,28H,1,11-13H2,2-5H3,(H2,24,29)(H,25,31)(H,26,33). The Bertz CT molecular complexity index is 940. The second kappa shape index (κ2) is 13.0. The largest absolute Gasteiger partial charge is 0.508 e. The highest BCUT2D eigenvalue weighted by Gasteiger charge is 2.36. The van der Waals surface area contributed by atoms with E-state index >= 15 is 0 Å². The lowest BCUT2D eigenvalue weighted by Crippen LogP contribution is -2.54. The van der Waals surface area contributed by atoms with E-state index in [1.54, 1.807) is 20.8 Å². The van der Waals surface area contributed by atoms with Gasteiger partial charge in [0.15, 0.2) is 0 Å². The number of benzene rings is 1. The fourth-order valence-corrected chi connectivity index (χ4v) is 2.97. The average molecular weight is 493 g/mol. The molecule has 0 saturated heterocycles. The highest BCUT2D eigenvalue weighted by molar-refractivity contribution is 5.95.